The number of piperidine rings is 1. The van der Waals surface area contributed by atoms with Gasteiger partial charge >= 0.3 is 6.18 Å². The zero-order valence-corrected chi connectivity index (χ0v) is 11.7. The van der Waals surface area contributed by atoms with E-state index in [2.05, 4.69) is 10.6 Å². The number of benzene rings is 1. The first kappa shape index (κ1) is 15.8. The molecule has 1 atom stereocenters. The van der Waals surface area contributed by atoms with E-state index in [1.807, 2.05) is 0 Å². The molecule has 2 N–H and O–H groups in total. The van der Waals surface area contributed by atoms with E-state index in [1.54, 1.807) is 0 Å². The second-order valence-electron chi connectivity index (χ2n) is 5.27. The third kappa shape index (κ3) is 4.74. The summed E-state index contributed by atoms with van der Waals surface area (Å²) >= 11 is 0. The molecule has 0 spiro atoms. The van der Waals surface area contributed by atoms with Crippen LogP contribution in [0.3, 0.4) is 0 Å². The molecule has 0 radical (unpaired) electrons. The fourth-order valence-electron chi connectivity index (χ4n) is 2.44. The summed E-state index contributed by atoms with van der Waals surface area (Å²) in [5, 5.41) is 6.12. The monoisotopic (exact) mass is 300 g/mol. The van der Waals surface area contributed by atoms with Gasteiger partial charge in [-0.05, 0) is 50.1 Å². The standard InChI is InChI=1S/C15H19F3N2O/c16-15(17,18)12-6-4-11(5-7-12)14(21)20-10-8-13-3-1-2-9-19-13/h4-7,13,19H,1-3,8-10H2,(H,20,21). The van der Waals surface area contributed by atoms with Crippen LogP contribution >= 0.6 is 0 Å². The van der Waals surface area contributed by atoms with Crippen molar-refractivity contribution in [3.8, 4) is 0 Å². The van der Waals surface area contributed by atoms with Gasteiger partial charge in [0.15, 0.2) is 0 Å². The largest absolute Gasteiger partial charge is 0.416 e. The normalized spacial score (nSPS) is 19.3. The number of alkyl halides is 3. The highest BCUT2D eigenvalue weighted by atomic mass is 19.4. The van der Waals surface area contributed by atoms with E-state index in [0.29, 0.717) is 12.6 Å². The van der Waals surface area contributed by atoms with Crippen LogP contribution in [0, 0.1) is 0 Å². The van der Waals surface area contributed by atoms with Crippen molar-refractivity contribution in [1.29, 1.82) is 0 Å². The molecule has 1 aromatic carbocycles. The molecule has 1 aromatic rings. The molecule has 1 heterocycles. The fraction of sp³-hybridized carbons (Fsp3) is 0.533. The first-order chi connectivity index (χ1) is 9.97. The summed E-state index contributed by atoms with van der Waals surface area (Å²) in [5.41, 5.74) is -0.495. The van der Waals surface area contributed by atoms with E-state index in [9.17, 15) is 18.0 Å². The van der Waals surface area contributed by atoms with Crippen LogP contribution in [0.15, 0.2) is 24.3 Å². The lowest BCUT2D eigenvalue weighted by Gasteiger charge is -2.23. The van der Waals surface area contributed by atoms with Crippen LogP contribution in [-0.2, 0) is 6.18 Å². The average Bonchev–Trinajstić information content (AvgIpc) is 2.47. The van der Waals surface area contributed by atoms with Crippen molar-refractivity contribution in [1.82, 2.24) is 10.6 Å². The average molecular weight is 300 g/mol. The molecule has 1 aliphatic rings. The number of halogens is 3. The van der Waals surface area contributed by atoms with Crippen molar-refractivity contribution in [3.05, 3.63) is 35.4 Å². The predicted octanol–water partition coefficient (Wildman–Crippen LogP) is 2.97. The molecule has 6 heteroatoms. The molecule has 21 heavy (non-hydrogen) atoms. The van der Waals surface area contributed by atoms with Crippen LogP contribution in [0.1, 0.15) is 41.6 Å². The Hall–Kier alpha value is -1.56. The van der Waals surface area contributed by atoms with Crippen molar-refractivity contribution >= 4 is 5.91 Å². The molecule has 1 fully saturated rings. The zero-order valence-electron chi connectivity index (χ0n) is 11.7. The fourth-order valence-corrected chi connectivity index (χ4v) is 2.44. The SMILES string of the molecule is O=C(NCCC1CCCCN1)c1ccc(C(F)(F)F)cc1. The molecule has 0 bridgehead atoms. The maximum atomic E-state index is 12.4. The molecule has 0 saturated carbocycles. The molecule has 1 saturated heterocycles. The highest BCUT2D eigenvalue weighted by Gasteiger charge is 2.30. The van der Waals surface area contributed by atoms with Gasteiger partial charge in [-0.15, -0.1) is 0 Å². The second-order valence-corrected chi connectivity index (χ2v) is 5.27. The molecule has 0 aliphatic carbocycles. The van der Waals surface area contributed by atoms with Crippen molar-refractivity contribution in [2.45, 2.75) is 37.9 Å². The Morgan fingerprint density at radius 3 is 2.52 bits per heavy atom. The van der Waals surface area contributed by atoms with Crippen LogP contribution in [0.4, 0.5) is 13.2 Å². The molecular formula is C15H19F3N2O. The van der Waals surface area contributed by atoms with Gasteiger partial charge in [-0.3, -0.25) is 4.79 Å². The molecule has 1 amide bonds. The van der Waals surface area contributed by atoms with Gasteiger partial charge in [-0.2, -0.15) is 13.2 Å². The molecule has 0 aromatic heterocycles. The maximum absolute atomic E-state index is 12.4. The molecule has 3 nitrogen and oxygen atoms in total. The Morgan fingerprint density at radius 2 is 1.95 bits per heavy atom. The van der Waals surface area contributed by atoms with Gasteiger partial charge in [0.2, 0.25) is 0 Å². The summed E-state index contributed by atoms with van der Waals surface area (Å²) in [6, 6.07) is 4.69. The van der Waals surface area contributed by atoms with Gasteiger partial charge in [0.05, 0.1) is 5.56 Å². The van der Waals surface area contributed by atoms with Crippen molar-refractivity contribution < 1.29 is 18.0 Å². The topological polar surface area (TPSA) is 41.1 Å². The van der Waals surface area contributed by atoms with Gasteiger partial charge in [0.25, 0.3) is 5.91 Å². The minimum absolute atomic E-state index is 0.250. The Balaban J connectivity index is 1.80. The van der Waals surface area contributed by atoms with Crippen molar-refractivity contribution in [2.24, 2.45) is 0 Å². The lowest BCUT2D eigenvalue weighted by molar-refractivity contribution is -0.137. The molecule has 2 rings (SSSR count). The third-order valence-corrected chi connectivity index (χ3v) is 3.67. The molecule has 1 aliphatic heterocycles. The van der Waals surface area contributed by atoms with Gasteiger partial charge in [-0.25, -0.2) is 0 Å². The highest BCUT2D eigenvalue weighted by molar-refractivity contribution is 5.94. The Morgan fingerprint density at radius 1 is 1.24 bits per heavy atom. The Labute approximate surface area is 121 Å². The molecular weight excluding hydrogens is 281 g/mol. The number of amides is 1. The first-order valence-electron chi connectivity index (χ1n) is 7.15. The molecule has 116 valence electrons. The lowest BCUT2D eigenvalue weighted by atomic mass is 10.0. The third-order valence-electron chi connectivity index (χ3n) is 3.67. The number of rotatable bonds is 4. The number of hydrogen-bond acceptors (Lipinski definition) is 2. The van der Waals surface area contributed by atoms with Crippen LogP contribution in [0.25, 0.3) is 0 Å². The summed E-state index contributed by atoms with van der Waals surface area (Å²) in [7, 11) is 0. The number of carbonyl (C=O) groups is 1. The maximum Gasteiger partial charge on any atom is 0.416 e. The molecule has 1 unspecified atom stereocenters. The summed E-state index contributed by atoms with van der Waals surface area (Å²) < 4.78 is 37.3. The number of carbonyl (C=O) groups excluding carboxylic acids is 1. The van der Waals surface area contributed by atoms with E-state index < -0.39 is 11.7 Å². The second kappa shape index (κ2) is 6.93. The summed E-state index contributed by atoms with van der Waals surface area (Å²) in [4.78, 5) is 11.8. The zero-order chi connectivity index (χ0) is 15.3. The number of nitrogens with one attached hydrogen (secondary N) is 2. The van der Waals surface area contributed by atoms with Crippen LogP contribution in [0.5, 0.6) is 0 Å². The van der Waals surface area contributed by atoms with E-state index >= 15 is 0 Å². The minimum atomic E-state index is -4.37. The van der Waals surface area contributed by atoms with Crippen molar-refractivity contribution in [3.63, 3.8) is 0 Å². The highest BCUT2D eigenvalue weighted by Crippen LogP contribution is 2.29. The minimum Gasteiger partial charge on any atom is -0.352 e. The van der Waals surface area contributed by atoms with Crippen LogP contribution < -0.4 is 10.6 Å². The van der Waals surface area contributed by atoms with Gasteiger partial charge in [0, 0.05) is 18.2 Å². The van der Waals surface area contributed by atoms with E-state index in [1.165, 1.54) is 25.0 Å². The van der Waals surface area contributed by atoms with E-state index in [0.717, 1.165) is 31.5 Å². The first-order valence-corrected chi connectivity index (χ1v) is 7.15. The van der Waals surface area contributed by atoms with Crippen LogP contribution in [-0.4, -0.2) is 25.0 Å². The van der Waals surface area contributed by atoms with Gasteiger partial charge < -0.3 is 10.6 Å². The van der Waals surface area contributed by atoms with E-state index in [4.69, 9.17) is 0 Å². The summed E-state index contributed by atoms with van der Waals surface area (Å²) in [6.07, 6.45) is -0.0386. The lowest BCUT2D eigenvalue weighted by Crippen LogP contribution is -2.37. The Kier molecular flexibility index (Phi) is 5.22. The van der Waals surface area contributed by atoms with Gasteiger partial charge in [-0.1, -0.05) is 6.42 Å². The van der Waals surface area contributed by atoms with Crippen LogP contribution in [0.2, 0.25) is 0 Å². The summed E-state index contributed by atoms with van der Waals surface area (Å²) in [6.45, 7) is 1.54. The van der Waals surface area contributed by atoms with Gasteiger partial charge in [0.1, 0.15) is 0 Å². The summed E-state index contributed by atoms with van der Waals surface area (Å²) in [5.74, 6) is -0.334. The smallest absolute Gasteiger partial charge is 0.352 e. The Bertz CT molecular complexity index is 465. The van der Waals surface area contributed by atoms with Crippen molar-refractivity contribution in [2.75, 3.05) is 13.1 Å². The van der Waals surface area contributed by atoms with E-state index in [-0.39, 0.29) is 11.5 Å². The predicted molar refractivity (Wildman–Crippen MR) is 74.0 cm³/mol. The number of hydrogen-bond donors (Lipinski definition) is 2. The quantitative estimate of drug-likeness (QED) is 0.897.